The van der Waals surface area contributed by atoms with E-state index in [1.54, 1.807) is 36.4 Å². The van der Waals surface area contributed by atoms with E-state index in [4.69, 9.17) is 0 Å². The van der Waals surface area contributed by atoms with Gasteiger partial charge in [0.25, 0.3) is 11.8 Å². The number of fused-ring (bicyclic) bond motifs is 1. The van der Waals surface area contributed by atoms with Gasteiger partial charge in [0, 0.05) is 25.2 Å². The molecule has 5 rings (SSSR count). The summed E-state index contributed by atoms with van der Waals surface area (Å²) in [6, 6.07) is 20.6. The Morgan fingerprint density at radius 3 is 2.08 bits per heavy atom. The highest BCUT2D eigenvalue weighted by Gasteiger charge is 2.42. The third-order valence-corrected chi connectivity index (χ3v) is 8.66. The summed E-state index contributed by atoms with van der Waals surface area (Å²) >= 11 is 0. The summed E-state index contributed by atoms with van der Waals surface area (Å²) < 4.78 is 27.7. The topological polar surface area (TPSA) is 104 Å². The van der Waals surface area contributed by atoms with Crippen LogP contribution in [0.15, 0.2) is 83.8 Å². The molecule has 3 aromatic rings. The smallest absolute Gasteiger partial charge is 0.262 e. The first-order valence-electron chi connectivity index (χ1n) is 12.3. The summed E-state index contributed by atoms with van der Waals surface area (Å²) in [7, 11) is -3.70. The highest BCUT2D eigenvalue weighted by atomic mass is 32.2. The molecule has 8 nitrogen and oxygen atoms in total. The molecular formula is C28H27N3O5S. The molecule has 2 aliphatic rings. The molecule has 37 heavy (non-hydrogen) atoms. The summed E-state index contributed by atoms with van der Waals surface area (Å²) in [5, 5.41) is 2.75. The number of nitrogens with zero attached hydrogens (tertiary/aromatic N) is 2. The van der Waals surface area contributed by atoms with Crippen molar-refractivity contribution >= 4 is 33.4 Å². The first-order valence-corrected chi connectivity index (χ1v) is 13.7. The Bertz CT molecular complexity index is 1410. The monoisotopic (exact) mass is 517 g/mol. The Balaban J connectivity index is 1.43. The van der Waals surface area contributed by atoms with E-state index < -0.39 is 33.8 Å². The number of rotatable bonds is 7. The number of carbonyl (C=O) groups excluding carboxylic acids is 3. The van der Waals surface area contributed by atoms with Crippen molar-refractivity contribution in [1.82, 2.24) is 9.21 Å². The highest BCUT2D eigenvalue weighted by molar-refractivity contribution is 7.89. The van der Waals surface area contributed by atoms with Gasteiger partial charge in [-0.3, -0.25) is 19.3 Å². The van der Waals surface area contributed by atoms with Crippen LogP contribution in [0.25, 0.3) is 0 Å². The predicted molar refractivity (Wildman–Crippen MR) is 139 cm³/mol. The number of anilines is 1. The van der Waals surface area contributed by atoms with Crippen molar-refractivity contribution in [3.63, 3.8) is 0 Å². The number of benzene rings is 3. The van der Waals surface area contributed by atoms with E-state index in [1.165, 1.54) is 16.4 Å². The highest BCUT2D eigenvalue weighted by Crippen LogP contribution is 2.28. The number of sulfonamides is 1. The van der Waals surface area contributed by atoms with E-state index in [0.29, 0.717) is 13.1 Å². The van der Waals surface area contributed by atoms with Gasteiger partial charge in [-0.15, -0.1) is 0 Å². The second kappa shape index (κ2) is 10.3. The fraction of sp³-hybridized carbons (Fsp3) is 0.250. The van der Waals surface area contributed by atoms with Crippen molar-refractivity contribution in [3.05, 3.63) is 95.6 Å². The summed E-state index contributed by atoms with van der Waals surface area (Å²) in [4.78, 5) is 41.1. The van der Waals surface area contributed by atoms with Crippen molar-refractivity contribution in [1.29, 1.82) is 0 Å². The maximum absolute atomic E-state index is 13.6. The molecule has 0 radical (unpaired) electrons. The average molecular weight is 518 g/mol. The van der Waals surface area contributed by atoms with Crippen LogP contribution < -0.4 is 5.32 Å². The van der Waals surface area contributed by atoms with E-state index in [-0.39, 0.29) is 28.1 Å². The number of hydrogen-bond donors (Lipinski definition) is 1. The van der Waals surface area contributed by atoms with Gasteiger partial charge in [0.2, 0.25) is 15.9 Å². The quantitative estimate of drug-likeness (QED) is 0.481. The molecule has 3 amide bonds. The number of piperidine rings is 1. The first kappa shape index (κ1) is 24.9. The molecule has 1 N–H and O–H groups in total. The Hall–Kier alpha value is -3.82. The van der Waals surface area contributed by atoms with Gasteiger partial charge in [0.15, 0.2) is 0 Å². The lowest BCUT2D eigenvalue weighted by Gasteiger charge is -2.27. The fourth-order valence-corrected chi connectivity index (χ4v) is 6.41. The zero-order valence-corrected chi connectivity index (χ0v) is 21.0. The average Bonchev–Trinajstić information content (AvgIpc) is 3.18. The molecular weight excluding hydrogens is 490 g/mol. The lowest BCUT2D eigenvalue weighted by molar-refractivity contribution is -0.119. The Morgan fingerprint density at radius 2 is 1.43 bits per heavy atom. The van der Waals surface area contributed by atoms with Gasteiger partial charge in [-0.25, -0.2) is 8.42 Å². The molecule has 1 fully saturated rings. The van der Waals surface area contributed by atoms with Crippen LogP contribution in [0.4, 0.5) is 5.69 Å². The zero-order chi connectivity index (χ0) is 26.0. The number of carbonyl (C=O) groups is 3. The van der Waals surface area contributed by atoms with E-state index in [0.717, 1.165) is 29.7 Å². The normalized spacial score (nSPS) is 16.9. The van der Waals surface area contributed by atoms with Gasteiger partial charge >= 0.3 is 0 Å². The summed E-state index contributed by atoms with van der Waals surface area (Å²) in [6.07, 6.45) is 2.75. The Kier molecular flexibility index (Phi) is 6.90. The minimum Gasteiger partial charge on any atom is -0.324 e. The molecule has 9 heteroatoms. The second-order valence-electron chi connectivity index (χ2n) is 9.21. The molecule has 1 atom stereocenters. The van der Waals surface area contributed by atoms with Crippen LogP contribution in [0.2, 0.25) is 0 Å². The molecule has 0 spiro atoms. The minimum absolute atomic E-state index is 0.0903. The molecule has 1 unspecified atom stereocenters. The third-order valence-electron chi connectivity index (χ3n) is 6.77. The number of nitrogens with one attached hydrogen (secondary N) is 1. The fourth-order valence-electron chi connectivity index (χ4n) is 4.84. The molecule has 0 saturated carbocycles. The summed E-state index contributed by atoms with van der Waals surface area (Å²) in [5.41, 5.74) is 1.57. The number of hydrogen-bond acceptors (Lipinski definition) is 5. The molecule has 2 aliphatic heterocycles. The van der Waals surface area contributed by atoms with Crippen LogP contribution in [0.3, 0.4) is 0 Å². The van der Waals surface area contributed by atoms with Crippen LogP contribution >= 0.6 is 0 Å². The molecule has 190 valence electrons. The van der Waals surface area contributed by atoms with Crippen LogP contribution in [0, 0.1) is 0 Å². The maximum atomic E-state index is 13.6. The lowest BCUT2D eigenvalue weighted by atomic mass is 10.0. The van der Waals surface area contributed by atoms with Crippen LogP contribution in [0.1, 0.15) is 45.5 Å². The number of amides is 3. The van der Waals surface area contributed by atoms with Crippen LogP contribution in [-0.4, -0.2) is 54.5 Å². The van der Waals surface area contributed by atoms with Gasteiger partial charge in [0.05, 0.1) is 16.0 Å². The van der Waals surface area contributed by atoms with E-state index in [2.05, 4.69) is 5.32 Å². The lowest BCUT2D eigenvalue weighted by Crippen LogP contribution is -2.48. The van der Waals surface area contributed by atoms with Gasteiger partial charge in [0.1, 0.15) is 6.04 Å². The Morgan fingerprint density at radius 1 is 0.811 bits per heavy atom. The van der Waals surface area contributed by atoms with Gasteiger partial charge in [-0.05, 0) is 48.7 Å². The van der Waals surface area contributed by atoms with Crippen molar-refractivity contribution in [3.8, 4) is 0 Å². The third kappa shape index (κ3) is 4.92. The van der Waals surface area contributed by atoms with Crippen molar-refractivity contribution in [2.24, 2.45) is 0 Å². The van der Waals surface area contributed by atoms with E-state index >= 15 is 0 Å². The van der Waals surface area contributed by atoms with Crippen molar-refractivity contribution in [2.45, 2.75) is 36.6 Å². The molecule has 2 heterocycles. The largest absolute Gasteiger partial charge is 0.324 e. The zero-order valence-electron chi connectivity index (χ0n) is 20.2. The predicted octanol–water partition coefficient (Wildman–Crippen LogP) is 3.71. The number of imide groups is 1. The van der Waals surface area contributed by atoms with Gasteiger partial charge in [-0.2, -0.15) is 4.31 Å². The standard InChI is InChI=1S/C28H27N3O5S/c32-26(29-21-12-9-13-22(19-21)37(35,36)30-16-7-2-8-17-30)25(18-20-10-3-1-4-11-20)31-27(33)23-14-5-6-15-24(23)28(31)34/h1,3-6,9-15,19,25H,2,7-8,16-18H2,(H,29,32). The minimum atomic E-state index is -3.70. The van der Waals surface area contributed by atoms with Crippen LogP contribution in [0.5, 0.6) is 0 Å². The van der Waals surface area contributed by atoms with Crippen molar-refractivity contribution in [2.75, 3.05) is 18.4 Å². The molecule has 0 bridgehead atoms. The molecule has 1 saturated heterocycles. The molecule has 0 aromatic heterocycles. The van der Waals surface area contributed by atoms with Crippen molar-refractivity contribution < 1.29 is 22.8 Å². The summed E-state index contributed by atoms with van der Waals surface area (Å²) in [5.74, 6) is -1.64. The van der Waals surface area contributed by atoms with Gasteiger partial charge in [-0.1, -0.05) is 55.0 Å². The Labute approximate surface area is 215 Å². The SMILES string of the molecule is O=C(Nc1cccc(S(=O)(=O)N2CCCCC2)c1)C(Cc1ccccc1)N1C(=O)c2ccccc2C1=O. The molecule has 3 aromatic carbocycles. The van der Waals surface area contributed by atoms with Gasteiger partial charge < -0.3 is 5.32 Å². The first-order chi connectivity index (χ1) is 17.9. The van der Waals surface area contributed by atoms with E-state index in [1.807, 2.05) is 30.3 Å². The molecule has 0 aliphatic carbocycles. The summed E-state index contributed by atoms with van der Waals surface area (Å²) in [6.45, 7) is 0.940. The van der Waals surface area contributed by atoms with Crippen LogP contribution in [-0.2, 0) is 21.2 Å². The maximum Gasteiger partial charge on any atom is 0.262 e. The van der Waals surface area contributed by atoms with E-state index in [9.17, 15) is 22.8 Å². The second-order valence-corrected chi connectivity index (χ2v) is 11.2.